The van der Waals surface area contributed by atoms with Crippen LogP contribution < -0.4 is 0 Å². The minimum atomic E-state index is -0.176. The Kier molecular flexibility index (Phi) is 4.67. The van der Waals surface area contributed by atoms with E-state index in [-0.39, 0.29) is 6.09 Å². The molecule has 1 aromatic rings. The maximum atomic E-state index is 11.9. The van der Waals surface area contributed by atoms with Crippen molar-refractivity contribution in [3.8, 4) is 0 Å². The Balaban J connectivity index is 2.17. The molecule has 1 aliphatic heterocycles. The molecule has 3 nitrogen and oxygen atoms in total. The molecule has 0 fully saturated rings. The zero-order chi connectivity index (χ0) is 13.1. The Bertz CT molecular complexity index is 433. The van der Waals surface area contributed by atoms with Crippen molar-refractivity contribution in [2.75, 3.05) is 19.7 Å². The highest BCUT2D eigenvalue weighted by molar-refractivity contribution is 9.11. The number of rotatable bonds is 2. The van der Waals surface area contributed by atoms with E-state index in [9.17, 15) is 4.79 Å². The summed E-state index contributed by atoms with van der Waals surface area (Å²) in [5, 5.41) is 0. The third-order valence-corrected chi connectivity index (χ3v) is 5.03. The zero-order valence-electron chi connectivity index (χ0n) is 10.7. The van der Waals surface area contributed by atoms with Crippen LogP contribution in [0.2, 0.25) is 0 Å². The molecule has 0 spiro atoms. The van der Waals surface area contributed by atoms with Crippen molar-refractivity contribution < 1.29 is 9.53 Å². The molecule has 5 heteroatoms. The number of nitrogens with zero attached hydrogens (tertiary/aromatic N) is 1. The van der Waals surface area contributed by atoms with E-state index in [0.717, 1.165) is 25.9 Å². The van der Waals surface area contributed by atoms with Gasteiger partial charge in [0.15, 0.2) is 0 Å². The van der Waals surface area contributed by atoms with Gasteiger partial charge in [-0.15, -0.1) is 11.3 Å². The topological polar surface area (TPSA) is 29.5 Å². The van der Waals surface area contributed by atoms with Crippen molar-refractivity contribution in [2.45, 2.75) is 32.6 Å². The van der Waals surface area contributed by atoms with E-state index in [2.05, 4.69) is 28.9 Å². The van der Waals surface area contributed by atoms with Crippen molar-refractivity contribution in [3.63, 3.8) is 0 Å². The maximum Gasteiger partial charge on any atom is 0.409 e. The Morgan fingerprint density at radius 2 is 2.39 bits per heavy atom. The SMILES string of the molecule is CCOC(=O)N1CCc2sc(Br)cc2C(CC)C1. The van der Waals surface area contributed by atoms with Gasteiger partial charge in [-0.3, -0.25) is 0 Å². The first-order chi connectivity index (χ1) is 8.65. The Labute approximate surface area is 120 Å². The molecule has 0 bridgehead atoms. The average Bonchev–Trinajstić information content (AvgIpc) is 2.62. The molecule has 0 N–H and O–H groups in total. The molecule has 1 amide bonds. The summed E-state index contributed by atoms with van der Waals surface area (Å²) in [5.74, 6) is 0.425. The lowest BCUT2D eigenvalue weighted by atomic mass is 9.97. The van der Waals surface area contributed by atoms with E-state index in [1.807, 2.05) is 11.8 Å². The van der Waals surface area contributed by atoms with Gasteiger partial charge in [0.2, 0.25) is 0 Å². The van der Waals surface area contributed by atoms with Gasteiger partial charge in [-0.1, -0.05) is 6.92 Å². The van der Waals surface area contributed by atoms with Gasteiger partial charge in [-0.25, -0.2) is 4.79 Å². The van der Waals surface area contributed by atoms with Crippen molar-refractivity contribution in [1.82, 2.24) is 4.90 Å². The van der Waals surface area contributed by atoms with Crippen molar-refractivity contribution in [3.05, 3.63) is 20.3 Å². The van der Waals surface area contributed by atoms with Crippen LogP contribution in [0.25, 0.3) is 0 Å². The van der Waals surface area contributed by atoms with Crippen LogP contribution >= 0.6 is 27.3 Å². The van der Waals surface area contributed by atoms with Gasteiger partial charge in [0.05, 0.1) is 10.4 Å². The molecule has 1 aromatic heterocycles. The van der Waals surface area contributed by atoms with E-state index in [0.29, 0.717) is 12.5 Å². The molecule has 1 aliphatic rings. The van der Waals surface area contributed by atoms with Crippen molar-refractivity contribution >= 4 is 33.4 Å². The molecular weight excluding hydrogens is 314 g/mol. The molecule has 0 aliphatic carbocycles. The fourth-order valence-electron chi connectivity index (χ4n) is 2.37. The van der Waals surface area contributed by atoms with Gasteiger partial charge >= 0.3 is 6.09 Å². The van der Waals surface area contributed by atoms with E-state index in [4.69, 9.17) is 4.74 Å². The standard InChI is InChI=1S/C13H18BrNO2S/c1-3-9-8-15(13(16)17-4-2)6-5-11-10(9)7-12(14)18-11/h7,9H,3-6,8H2,1-2H3. The summed E-state index contributed by atoms with van der Waals surface area (Å²) in [6.45, 7) is 6.00. The molecule has 0 saturated carbocycles. The summed E-state index contributed by atoms with van der Waals surface area (Å²) in [7, 11) is 0. The number of carbonyl (C=O) groups is 1. The van der Waals surface area contributed by atoms with Crippen LogP contribution in [-0.4, -0.2) is 30.7 Å². The first-order valence-corrected chi connectivity index (χ1v) is 7.96. The van der Waals surface area contributed by atoms with Crippen molar-refractivity contribution in [2.24, 2.45) is 0 Å². The highest BCUT2D eigenvalue weighted by atomic mass is 79.9. The van der Waals surface area contributed by atoms with Crippen LogP contribution in [0.1, 0.15) is 36.6 Å². The van der Waals surface area contributed by atoms with Gasteiger partial charge in [0.1, 0.15) is 0 Å². The van der Waals surface area contributed by atoms with Crippen molar-refractivity contribution in [1.29, 1.82) is 0 Å². The quantitative estimate of drug-likeness (QED) is 0.819. The summed E-state index contributed by atoms with van der Waals surface area (Å²) < 4.78 is 6.30. The number of fused-ring (bicyclic) bond motifs is 1. The monoisotopic (exact) mass is 331 g/mol. The molecule has 0 saturated heterocycles. The highest BCUT2D eigenvalue weighted by Crippen LogP contribution is 2.36. The predicted molar refractivity (Wildman–Crippen MR) is 77.4 cm³/mol. The number of amides is 1. The minimum Gasteiger partial charge on any atom is -0.450 e. The zero-order valence-corrected chi connectivity index (χ0v) is 13.1. The largest absolute Gasteiger partial charge is 0.450 e. The number of thiophene rings is 1. The van der Waals surface area contributed by atoms with E-state index in [1.165, 1.54) is 14.2 Å². The number of hydrogen-bond donors (Lipinski definition) is 0. The van der Waals surface area contributed by atoms with E-state index < -0.39 is 0 Å². The Morgan fingerprint density at radius 3 is 3.06 bits per heavy atom. The summed E-state index contributed by atoms with van der Waals surface area (Å²) >= 11 is 5.34. The lowest BCUT2D eigenvalue weighted by Gasteiger charge is -2.23. The second-order valence-electron chi connectivity index (χ2n) is 4.43. The minimum absolute atomic E-state index is 0.176. The van der Waals surface area contributed by atoms with Gasteiger partial charge in [0.25, 0.3) is 0 Å². The van der Waals surface area contributed by atoms with Gasteiger partial charge in [0, 0.05) is 23.9 Å². The molecule has 2 heterocycles. The van der Waals surface area contributed by atoms with Gasteiger partial charge in [-0.2, -0.15) is 0 Å². The van der Waals surface area contributed by atoms with E-state index >= 15 is 0 Å². The molecule has 0 aromatic carbocycles. The number of hydrogen-bond acceptors (Lipinski definition) is 3. The summed E-state index contributed by atoms with van der Waals surface area (Å²) in [4.78, 5) is 15.1. The number of ether oxygens (including phenoxy) is 1. The fourth-order valence-corrected chi connectivity index (χ4v) is 4.16. The van der Waals surface area contributed by atoms with Crippen LogP contribution in [0, 0.1) is 0 Å². The first kappa shape index (κ1) is 13.9. The third kappa shape index (κ3) is 2.88. The van der Waals surface area contributed by atoms with Gasteiger partial charge in [-0.05, 0) is 47.3 Å². The summed E-state index contributed by atoms with van der Waals surface area (Å²) in [5.41, 5.74) is 1.40. The van der Waals surface area contributed by atoms with Crippen LogP contribution in [-0.2, 0) is 11.2 Å². The summed E-state index contributed by atoms with van der Waals surface area (Å²) in [6.07, 6.45) is 1.80. The third-order valence-electron chi connectivity index (χ3n) is 3.32. The molecular formula is C13H18BrNO2S. The Morgan fingerprint density at radius 1 is 1.61 bits per heavy atom. The average molecular weight is 332 g/mol. The second kappa shape index (κ2) is 6.06. The van der Waals surface area contributed by atoms with Crippen LogP contribution in [0.5, 0.6) is 0 Å². The van der Waals surface area contributed by atoms with Gasteiger partial charge < -0.3 is 9.64 Å². The molecule has 18 heavy (non-hydrogen) atoms. The normalized spacial score (nSPS) is 19.3. The fraction of sp³-hybridized carbons (Fsp3) is 0.615. The summed E-state index contributed by atoms with van der Waals surface area (Å²) in [6, 6.07) is 2.21. The number of halogens is 1. The molecule has 1 atom stereocenters. The maximum absolute atomic E-state index is 11.9. The lowest BCUT2D eigenvalue weighted by Crippen LogP contribution is -2.35. The smallest absolute Gasteiger partial charge is 0.409 e. The first-order valence-electron chi connectivity index (χ1n) is 6.35. The highest BCUT2D eigenvalue weighted by Gasteiger charge is 2.27. The molecule has 2 rings (SSSR count). The second-order valence-corrected chi connectivity index (χ2v) is 6.95. The molecule has 100 valence electrons. The molecule has 0 radical (unpaired) electrons. The number of carbonyl (C=O) groups excluding carboxylic acids is 1. The van der Waals surface area contributed by atoms with Crippen LogP contribution in [0.3, 0.4) is 0 Å². The Hall–Kier alpha value is -0.550. The van der Waals surface area contributed by atoms with Crippen LogP contribution in [0.15, 0.2) is 9.85 Å². The predicted octanol–water partition coefficient (Wildman–Crippen LogP) is 4.02. The lowest BCUT2D eigenvalue weighted by molar-refractivity contribution is 0.106. The van der Waals surface area contributed by atoms with E-state index in [1.54, 1.807) is 11.3 Å². The molecule has 1 unspecified atom stereocenters. The van der Waals surface area contributed by atoms with Crippen LogP contribution in [0.4, 0.5) is 4.79 Å².